The molecular weight excluding hydrogens is 328 g/mol. The van der Waals surface area contributed by atoms with Crippen molar-refractivity contribution in [2.75, 3.05) is 13.1 Å². The Hall–Kier alpha value is -0.390. The van der Waals surface area contributed by atoms with Crippen LogP contribution in [0.1, 0.15) is 51.4 Å². The van der Waals surface area contributed by atoms with E-state index in [4.69, 9.17) is 0 Å². The number of likely N-dealkylation sites (tertiary alicyclic amines) is 1. The fourth-order valence-corrected chi connectivity index (χ4v) is 3.80. The van der Waals surface area contributed by atoms with E-state index in [-0.39, 0.29) is 0 Å². The molecule has 2 heterocycles. The van der Waals surface area contributed by atoms with E-state index in [1.165, 1.54) is 41.7 Å². The highest BCUT2D eigenvalue weighted by atomic mass is 79.9. The molecule has 0 aromatic carbocycles. The number of aromatic nitrogens is 2. The minimum atomic E-state index is 0.559. The van der Waals surface area contributed by atoms with Gasteiger partial charge >= 0.3 is 0 Å². The van der Waals surface area contributed by atoms with Gasteiger partial charge < -0.3 is 5.32 Å². The quantitative estimate of drug-likeness (QED) is 0.849. The average Bonchev–Trinajstić information content (AvgIpc) is 2.73. The Morgan fingerprint density at radius 2 is 2.14 bits per heavy atom. The van der Waals surface area contributed by atoms with Gasteiger partial charge in [0.05, 0.1) is 15.9 Å². The largest absolute Gasteiger partial charge is 0.313 e. The molecule has 1 unspecified atom stereocenters. The minimum absolute atomic E-state index is 0.559. The van der Waals surface area contributed by atoms with Gasteiger partial charge in [-0.05, 0) is 41.7 Å². The van der Waals surface area contributed by atoms with E-state index in [0.717, 1.165) is 19.5 Å². The summed E-state index contributed by atoms with van der Waals surface area (Å²) >= 11 is 3.75. The number of piperidine rings is 1. The molecule has 2 rings (SSSR count). The van der Waals surface area contributed by atoms with Crippen molar-refractivity contribution in [2.45, 2.75) is 65.1 Å². The summed E-state index contributed by atoms with van der Waals surface area (Å²) in [6.07, 6.45) is 4.95. The normalized spacial score (nSPS) is 20.4. The van der Waals surface area contributed by atoms with E-state index in [1.807, 2.05) is 4.68 Å². The highest BCUT2D eigenvalue weighted by Gasteiger charge is 2.25. The summed E-state index contributed by atoms with van der Waals surface area (Å²) in [6.45, 7) is 9.88. The lowest BCUT2D eigenvalue weighted by Gasteiger charge is -2.36. The molecule has 1 aromatic rings. The Balaban J connectivity index is 2.06. The molecule has 120 valence electrons. The molecule has 5 heteroatoms. The molecule has 0 saturated carbocycles. The third kappa shape index (κ3) is 4.30. The molecule has 0 amide bonds. The number of nitrogens with one attached hydrogen (secondary N) is 1. The van der Waals surface area contributed by atoms with Crippen LogP contribution in [-0.2, 0) is 20.0 Å². The molecule has 4 nitrogen and oxygen atoms in total. The van der Waals surface area contributed by atoms with Crippen LogP contribution in [0.3, 0.4) is 0 Å². The topological polar surface area (TPSA) is 33.1 Å². The Morgan fingerprint density at radius 3 is 2.76 bits per heavy atom. The molecule has 0 bridgehead atoms. The summed E-state index contributed by atoms with van der Waals surface area (Å²) in [7, 11) is 2.06. The summed E-state index contributed by atoms with van der Waals surface area (Å²) in [5, 5.41) is 8.22. The molecule has 1 atom stereocenters. The van der Waals surface area contributed by atoms with Gasteiger partial charge in [-0.3, -0.25) is 9.58 Å². The lowest BCUT2D eigenvalue weighted by atomic mass is 10.0. The Labute approximate surface area is 137 Å². The second kappa shape index (κ2) is 7.75. The van der Waals surface area contributed by atoms with Crippen molar-refractivity contribution in [1.29, 1.82) is 0 Å². The lowest BCUT2D eigenvalue weighted by Crippen LogP contribution is -2.46. The molecule has 0 radical (unpaired) electrons. The third-order valence-corrected chi connectivity index (χ3v) is 5.28. The molecule has 1 N–H and O–H groups in total. The van der Waals surface area contributed by atoms with Crippen LogP contribution in [0.2, 0.25) is 0 Å². The number of aryl methyl sites for hydroxylation is 2. The predicted molar refractivity (Wildman–Crippen MR) is 91.5 cm³/mol. The molecule has 1 aromatic heterocycles. The zero-order valence-corrected chi connectivity index (χ0v) is 15.4. The second-order valence-corrected chi connectivity index (χ2v) is 7.16. The maximum atomic E-state index is 4.62. The van der Waals surface area contributed by atoms with Crippen LogP contribution >= 0.6 is 15.9 Å². The summed E-state index contributed by atoms with van der Waals surface area (Å²) in [4.78, 5) is 2.63. The number of hydrogen-bond donors (Lipinski definition) is 1. The molecular formula is C16H29BrN4. The molecule has 1 aliphatic heterocycles. The van der Waals surface area contributed by atoms with Crippen molar-refractivity contribution in [3.05, 3.63) is 15.9 Å². The molecule has 1 fully saturated rings. The summed E-state index contributed by atoms with van der Waals surface area (Å²) in [5.74, 6) is 0. The Bertz CT molecular complexity index is 455. The van der Waals surface area contributed by atoms with Crippen LogP contribution < -0.4 is 5.32 Å². The summed E-state index contributed by atoms with van der Waals surface area (Å²) < 4.78 is 3.25. The zero-order valence-electron chi connectivity index (χ0n) is 13.8. The fraction of sp³-hybridized carbons (Fsp3) is 0.812. The van der Waals surface area contributed by atoms with Gasteiger partial charge in [-0.2, -0.15) is 5.10 Å². The van der Waals surface area contributed by atoms with E-state index in [0.29, 0.717) is 12.1 Å². The van der Waals surface area contributed by atoms with Gasteiger partial charge in [0.1, 0.15) is 0 Å². The van der Waals surface area contributed by atoms with E-state index < -0.39 is 0 Å². The minimum Gasteiger partial charge on any atom is -0.313 e. The molecule has 0 spiro atoms. The number of nitrogens with zero attached hydrogens (tertiary/aromatic N) is 3. The SMILES string of the molecule is CCc1nn(C)c(CN2CCCCC2CNC(C)C)c1Br. The van der Waals surface area contributed by atoms with Crippen molar-refractivity contribution in [1.82, 2.24) is 20.0 Å². The van der Waals surface area contributed by atoms with Crippen molar-refractivity contribution < 1.29 is 0 Å². The van der Waals surface area contributed by atoms with E-state index in [2.05, 4.69) is 59.1 Å². The van der Waals surface area contributed by atoms with Gasteiger partial charge in [-0.1, -0.05) is 27.2 Å². The van der Waals surface area contributed by atoms with E-state index in [1.54, 1.807) is 0 Å². The highest BCUT2D eigenvalue weighted by molar-refractivity contribution is 9.10. The van der Waals surface area contributed by atoms with Crippen LogP contribution in [0.5, 0.6) is 0 Å². The summed E-state index contributed by atoms with van der Waals surface area (Å²) in [6, 6.07) is 1.21. The van der Waals surface area contributed by atoms with Crippen LogP contribution in [-0.4, -0.2) is 39.9 Å². The van der Waals surface area contributed by atoms with Crippen molar-refractivity contribution in [2.24, 2.45) is 7.05 Å². The van der Waals surface area contributed by atoms with Crippen LogP contribution in [0.25, 0.3) is 0 Å². The van der Waals surface area contributed by atoms with Crippen molar-refractivity contribution in [3.8, 4) is 0 Å². The smallest absolute Gasteiger partial charge is 0.0767 e. The molecule has 0 aliphatic carbocycles. The Morgan fingerprint density at radius 1 is 1.38 bits per heavy atom. The van der Waals surface area contributed by atoms with E-state index >= 15 is 0 Å². The lowest BCUT2D eigenvalue weighted by molar-refractivity contribution is 0.132. The standard InChI is InChI=1S/C16H29BrN4/c1-5-14-16(17)15(20(4)19-14)11-21-9-7-6-8-13(21)10-18-12(2)3/h12-13,18H,5-11H2,1-4H3. The fourth-order valence-electron chi connectivity index (χ4n) is 3.06. The maximum Gasteiger partial charge on any atom is 0.0767 e. The number of rotatable bonds is 6. The van der Waals surface area contributed by atoms with Gasteiger partial charge in [0.25, 0.3) is 0 Å². The Kier molecular flexibility index (Phi) is 6.26. The first-order valence-electron chi connectivity index (χ1n) is 8.20. The monoisotopic (exact) mass is 356 g/mol. The second-order valence-electron chi connectivity index (χ2n) is 6.37. The summed E-state index contributed by atoms with van der Waals surface area (Å²) in [5.41, 5.74) is 2.48. The first kappa shape index (κ1) is 17.0. The third-order valence-electron chi connectivity index (χ3n) is 4.37. The molecule has 21 heavy (non-hydrogen) atoms. The van der Waals surface area contributed by atoms with Gasteiger partial charge in [0.2, 0.25) is 0 Å². The van der Waals surface area contributed by atoms with Crippen LogP contribution in [0.4, 0.5) is 0 Å². The van der Waals surface area contributed by atoms with Gasteiger partial charge in [0.15, 0.2) is 0 Å². The van der Waals surface area contributed by atoms with Gasteiger partial charge in [-0.15, -0.1) is 0 Å². The molecule has 1 saturated heterocycles. The van der Waals surface area contributed by atoms with E-state index in [9.17, 15) is 0 Å². The maximum absolute atomic E-state index is 4.62. The van der Waals surface area contributed by atoms with Crippen LogP contribution in [0.15, 0.2) is 4.47 Å². The predicted octanol–water partition coefficient (Wildman–Crippen LogP) is 3.10. The van der Waals surface area contributed by atoms with Gasteiger partial charge in [-0.25, -0.2) is 0 Å². The molecule has 1 aliphatic rings. The van der Waals surface area contributed by atoms with Crippen molar-refractivity contribution >= 4 is 15.9 Å². The van der Waals surface area contributed by atoms with Gasteiger partial charge in [0, 0.05) is 32.2 Å². The van der Waals surface area contributed by atoms with Crippen LogP contribution in [0, 0.1) is 0 Å². The number of hydrogen-bond acceptors (Lipinski definition) is 3. The first-order chi connectivity index (χ1) is 10.0. The van der Waals surface area contributed by atoms with Crippen molar-refractivity contribution in [3.63, 3.8) is 0 Å². The number of halogens is 1. The highest BCUT2D eigenvalue weighted by Crippen LogP contribution is 2.26. The zero-order chi connectivity index (χ0) is 15.4. The first-order valence-corrected chi connectivity index (χ1v) is 8.99. The average molecular weight is 357 g/mol.